The summed E-state index contributed by atoms with van der Waals surface area (Å²) < 4.78 is 54.6. The predicted molar refractivity (Wildman–Crippen MR) is 145 cm³/mol. The number of carboxylic acids is 1. The molecule has 1 fully saturated rings. The third kappa shape index (κ3) is 5.83. The molecule has 3 aromatic carbocycles. The van der Waals surface area contributed by atoms with Crippen LogP contribution >= 0.6 is 0 Å². The Morgan fingerprint density at radius 3 is 2.38 bits per heavy atom. The van der Waals surface area contributed by atoms with Crippen LogP contribution in [0.3, 0.4) is 0 Å². The number of fused-ring (bicyclic) bond motifs is 1. The van der Waals surface area contributed by atoms with Gasteiger partial charge >= 0.3 is 12.1 Å². The lowest BCUT2D eigenvalue weighted by Gasteiger charge is -2.33. The van der Waals surface area contributed by atoms with E-state index in [1.54, 1.807) is 18.2 Å². The fourth-order valence-corrected chi connectivity index (χ4v) is 5.56. The van der Waals surface area contributed by atoms with Crippen LogP contribution in [0.25, 0.3) is 17.2 Å². The first-order valence-corrected chi connectivity index (χ1v) is 13.1. The van der Waals surface area contributed by atoms with Crippen LogP contribution in [0.5, 0.6) is 0 Å². The second-order valence-electron chi connectivity index (χ2n) is 10.1. The normalized spacial score (nSPS) is 15.9. The molecule has 3 nitrogen and oxygen atoms in total. The van der Waals surface area contributed by atoms with Crippen LogP contribution in [0.4, 0.5) is 17.6 Å². The minimum Gasteiger partial charge on any atom is -0.478 e. The number of rotatable bonds is 7. The van der Waals surface area contributed by atoms with E-state index >= 15 is 0 Å². The summed E-state index contributed by atoms with van der Waals surface area (Å²) in [5.74, 6) is -1.04. The number of aryl methyl sites for hydroxylation is 1. The molecule has 1 aliphatic heterocycles. The Hall–Kier alpha value is -3.71. The van der Waals surface area contributed by atoms with Gasteiger partial charge in [0.2, 0.25) is 0 Å². The molecule has 0 amide bonds. The molecular formula is C32H29F4NO2. The van der Waals surface area contributed by atoms with Crippen molar-refractivity contribution >= 4 is 23.2 Å². The minimum atomic E-state index is -4.51. The van der Waals surface area contributed by atoms with Crippen molar-refractivity contribution in [2.75, 3.05) is 26.3 Å². The van der Waals surface area contributed by atoms with Crippen LogP contribution in [0.15, 0.2) is 72.3 Å². The second kappa shape index (κ2) is 11.2. The van der Waals surface area contributed by atoms with E-state index in [0.717, 1.165) is 48.0 Å². The molecule has 39 heavy (non-hydrogen) atoms. The second-order valence-corrected chi connectivity index (χ2v) is 10.1. The number of likely N-dealkylation sites (tertiary alicyclic amines) is 1. The van der Waals surface area contributed by atoms with Crippen molar-refractivity contribution in [3.05, 3.63) is 111 Å². The van der Waals surface area contributed by atoms with Crippen molar-refractivity contribution in [3.8, 4) is 0 Å². The van der Waals surface area contributed by atoms with E-state index in [4.69, 9.17) is 0 Å². The number of allylic oxidation sites excluding steroid dienone is 1. The molecule has 3 aromatic rings. The van der Waals surface area contributed by atoms with Crippen molar-refractivity contribution in [1.29, 1.82) is 0 Å². The van der Waals surface area contributed by atoms with Crippen molar-refractivity contribution in [3.63, 3.8) is 0 Å². The monoisotopic (exact) mass is 535 g/mol. The summed E-state index contributed by atoms with van der Waals surface area (Å²) in [6, 6.07) is 18.3. The number of halogens is 4. The lowest BCUT2D eigenvalue weighted by atomic mass is 9.85. The summed E-state index contributed by atoms with van der Waals surface area (Å²) in [6.07, 6.45) is -0.269. The Kier molecular flexibility index (Phi) is 7.71. The Balaban J connectivity index is 1.59. The minimum absolute atomic E-state index is 0.157. The van der Waals surface area contributed by atoms with Gasteiger partial charge in [0.1, 0.15) is 0 Å². The Morgan fingerprint density at radius 2 is 1.69 bits per heavy atom. The van der Waals surface area contributed by atoms with Gasteiger partial charge in [-0.2, -0.15) is 13.2 Å². The molecule has 5 rings (SSSR count). The lowest BCUT2D eigenvalue weighted by molar-refractivity contribution is -0.137. The number of hydrogen-bond donors (Lipinski definition) is 1. The van der Waals surface area contributed by atoms with E-state index in [1.807, 2.05) is 24.3 Å². The van der Waals surface area contributed by atoms with Gasteiger partial charge in [-0.3, -0.25) is 9.29 Å². The van der Waals surface area contributed by atoms with Crippen molar-refractivity contribution in [2.45, 2.75) is 31.9 Å². The summed E-state index contributed by atoms with van der Waals surface area (Å²) in [4.78, 5) is 13.8. The molecule has 0 unspecified atom stereocenters. The van der Waals surface area contributed by atoms with Crippen molar-refractivity contribution in [1.82, 2.24) is 4.90 Å². The molecule has 0 aromatic heterocycles. The zero-order valence-corrected chi connectivity index (χ0v) is 21.4. The van der Waals surface area contributed by atoms with Gasteiger partial charge < -0.3 is 5.11 Å². The van der Waals surface area contributed by atoms with Crippen molar-refractivity contribution < 1.29 is 27.5 Å². The maximum absolute atomic E-state index is 14.1. The van der Waals surface area contributed by atoms with Crippen LogP contribution in [-0.4, -0.2) is 42.3 Å². The summed E-state index contributed by atoms with van der Waals surface area (Å²) in [6.45, 7) is 2.05. The number of alkyl halides is 4. The topological polar surface area (TPSA) is 40.5 Å². The molecule has 1 heterocycles. The summed E-state index contributed by atoms with van der Waals surface area (Å²) in [5, 5.41) is 9.52. The van der Waals surface area contributed by atoms with Gasteiger partial charge in [-0.1, -0.05) is 54.6 Å². The SMILES string of the molecule is O=C(O)c1ccc2c(c1)CCCC(c1ccccc1C(F)(F)F)=C2c1ccc(C=C2CN(CCCF)C2)cc1. The average molecular weight is 536 g/mol. The smallest absolute Gasteiger partial charge is 0.416 e. The Bertz CT molecular complexity index is 1430. The van der Waals surface area contributed by atoms with Gasteiger partial charge in [0.25, 0.3) is 0 Å². The summed E-state index contributed by atoms with van der Waals surface area (Å²) in [7, 11) is 0. The predicted octanol–water partition coefficient (Wildman–Crippen LogP) is 7.76. The molecule has 7 heteroatoms. The van der Waals surface area contributed by atoms with Crippen LogP contribution in [0, 0.1) is 0 Å². The molecule has 1 N–H and O–H groups in total. The maximum Gasteiger partial charge on any atom is 0.416 e. The van der Waals surface area contributed by atoms with E-state index in [2.05, 4.69) is 11.0 Å². The van der Waals surface area contributed by atoms with Gasteiger partial charge in [-0.15, -0.1) is 0 Å². The first kappa shape index (κ1) is 26.9. The van der Waals surface area contributed by atoms with E-state index in [9.17, 15) is 27.5 Å². The number of carboxylic acid groups (broad SMARTS) is 1. The number of carbonyl (C=O) groups is 1. The van der Waals surface area contributed by atoms with E-state index in [0.29, 0.717) is 36.8 Å². The maximum atomic E-state index is 14.1. The quantitative estimate of drug-likeness (QED) is 0.315. The Labute approximate surface area is 225 Å². The average Bonchev–Trinajstić information content (AvgIpc) is 3.09. The highest BCUT2D eigenvalue weighted by atomic mass is 19.4. The third-order valence-corrected chi connectivity index (χ3v) is 7.39. The molecule has 1 aliphatic carbocycles. The van der Waals surface area contributed by atoms with Gasteiger partial charge in [0, 0.05) is 19.6 Å². The molecule has 2 aliphatic rings. The van der Waals surface area contributed by atoms with Crippen molar-refractivity contribution in [2.24, 2.45) is 0 Å². The fraction of sp³-hybridized carbons (Fsp3) is 0.281. The van der Waals surface area contributed by atoms with Gasteiger partial charge in [-0.25, -0.2) is 4.79 Å². The fourth-order valence-electron chi connectivity index (χ4n) is 5.56. The van der Waals surface area contributed by atoms with E-state index in [1.165, 1.54) is 23.8 Å². The highest BCUT2D eigenvalue weighted by Crippen LogP contribution is 2.44. The molecule has 0 atom stereocenters. The standard InChI is InChI=1S/C32H29F4NO2/c33-15-4-16-37-19-22(20-37)17-21-9-11-23(12-10-21)30-26-14-13-25(31(38)39)18-24(26)5-3-7-28(30)27-6-1-2-8-29(27)32(34,35)36/h1-2,6,8-14,17-18H,3-5,7,15-16,19-20H2,(H,38,39). The van der Waals surface area contributed by atoms with Crippen LogP contribution < -0.4 is 0 Å². The van der Waals surface area contributed by atoms with Crippen LogP contribution in [-0.2, 0) is 12.6 Å². The highest BCUT2D eigenvalue weighted by Gasteiger charge is 2.35. The molecule has 0 saturated carbocycles. The molecule has 0 radical (unpaired) electrons. The highest BCUT2D eigenvalue weighted by molar-refractivity contribution is 6.01. The first-order valence-electron chi connectivity index (χ1n) is 13.1. The molecular weight excluding hydrogens is 506 g/mol. The van der Waals surface area contributed by atoms with Crippen LogP contribution in [0.1, 0.15) is 63.0 Å². The van der Waals surface area contributed by atoms with E-state index < -0.39 is 17.7 Å². The largest absolute Gasteiger partial charge is 0.478 e. The molecule has 202 valence electrons. The number of aromatic carboxylic acids is 1. The summed E-state index contributed by atoms with van der Waals surface area (Å²) >= 11 is 0. The van der Waals surface area contributed by atoms with Gasteiger partial charge in [-0.05, 0) is 88.4 Å². The molecule has 1 saturated heterocycles. The van der Waals surface area contributed by atoms with Gasteiger partial charge in [0.05, 0.1) is 17.8 Å². The Morgan fingerprint density at radius 1 is 0.949 bits per heavy atom. The lowest BCUT2D eigenvalue weighted by Crippen LogP contribution is -2.40. The third-order valence-electron chi connectivity index (χ3n) is 7.39. The zero-order valence-electron chi connectivity index (χ0n) is 21.4. The van der Waals surface area contributed by atoms with Gasteiger partial charge in [0.15, 0.2) is 0 Å². The zero-order chi connectivity index (χ0) is 27.6. The first-order chi connectivity index (χ1) is 18.7. The molecule has 0 bridgehead atoms. The number of benzene rings is 3. The summed E-state index contributed by atoms with van der Waals surface area (Å²) in [5.41, 5.74) is 5.57. The number of hydrogen-bond acceptors (Lipinski definition) is 2. The number of nitrogens with zero attached hydrogens (tertiary/aromatic N) is 1. The van der Waals surface area contributed by atoms with Crippen LogP contribution in [0.2, 0.25) is 0 Å². The van der Waals surface area contributed by atoms with E-state index in [-0.39, 0.29) is 17.8 Å². The molecule has 0 spiro atoms.